The van der Waals surface area contributed by atoms with Gasteiger partial charge in [0.25, 0.3) is 11.5 Å². The molecule has 1 aromatic carbocycles. The van der Waals surface area contributed by atoms with Crippen molar-refractivity contribution < 1.29 is 14.3 Å². The molecular weight excluding hydrogens is 408 g/mol. The van der Waals surface area contributed by atoms with E-state index in [1.165, 1.54) is 4.57 Å². The van der Waals surface area contributed by atoms with Gasteiger partial charge in [-0.25, -0.2) is 0 Å². The molecule has 3 aliphatic rings. The van der Waals surface area contributed by atoms with Crippen molar-refractivity contribution in [3.05, 3.63) is 57.6 Å². The maximum absolute atomic E-state index is 13.4. The second kappa shape index (κ2) is 6.25. The van der Waals surface area contributed by atoms with Gasteiger partial charge in [0.2, 0.25) is 5.91 Å². The number of likely N-dealkylation sites (N-methyl/N-ethyl adjacent to an activating group) is 1. The van der Waals surface area contributed by atoms with Crippen LogP contribution in [0.3, 0.4) is 0 Å². The largest absolute Gasteiger partial charge is 0.497 e. The number of H-pyrrole nitrogens is 1. The molecule has 2 saturated carbocycles. The summed E-state index contributed by atoms with van der Waals surface area (Å²) in [6.07, 6.45) is 4.46. The van der Waals surface area contributed by atoms with Crippen LogP contribution in [-0.4, -0.2) is 41.6 Å². The monoisotopic (exact) mass is 432 g/mol. The highest BCUT2D eigenvalue weighted by molar-refractivity contribution is 6.12. The van der Waals surface area contributed by atoms with Crippen molar-refractivity contribution in [1.29, 1.82) is 0 Å². The highest BCUT2D eigenvalue weighted by Gasteiger charge is 2.67. The molecule has 32 heavy (non-hydrogen) atoms. The van der Waals surface area contributed by atoms with E-state index < -0.39 is 5.41 Å². The van der Waals surface area contributed by atoms with E-state index in [0.717, 1.165) is 29.7 Å². The van der Waals surface area contributed by atoms with Gasteiger partial charge in [0, 0.05) is 43.7 Å². The first-order valence-corrected chi connectivity index (χ1v) is 10.8. The van der Waals surface area contributed by atoms with Gasteiger partial charge < -0.3 is 24.5 Å². The zero-order valence-electron chi connectivity index (χ0n) is 18.2. The maximum atomic E-state index is 13.4. The number of benzene rings is 1. The van der Waals surface area contributed by atoms with Gasteiger partial charge in [0.15, 0.2) is 0 Å². The van der Waals surface area contributed by atoms with Gasteiger partial charge in [-0.05, 0) is 42.5 Å². The number of hydrogen-bond donors (Lipinski definition) is 2. The molecule has 1 spiro atoms. The Morgan fingerprint density at radius 1 is 1.22 bits per heavy atom. The maximum Gasteiger partial charge on any atom is 0.274 e. The standard InChI is InChI=1S/C24H24N4O4/c1-27-11-15(14-9-18(26-20(14)22(27)30)21(29)25-12-4-5-12)17-10-24(17)16-7-6-13(32-3)8-19(16)28(2)23(24)31/h6-9,11-12,17,26H,4-5,10H2,1-3H3,(H,25,29)/t17-,24-/m0/s1. The minimum atomic E-state index is -0.644. The molecule has 164 valence electrons. The van der Waals surface area contributed by atoms with Gasteiger partial charge in [0.1, 0.15) is 17.0 Å². The van der Waals surface area contributed by atoms with Gasteiger partial charge in [-0.2, -0.15) is 0 Å². The van der Waals surface area contributed by atoms with Crippen LogP contribution in [0.15, 0.2) is 35.3 Å². The smallest absolute Gasteiger partial charge is 0.274 e. The number of fused-ring (bicyclic) bond motifs is 3. The lowest BCUT2D eigenvalue weighted by molar-refractivity contribution is -0.120. The first kappa shape index (κ1) is 19.2. The molecule has 0 bridgehead atoms. The number of carbonyl (C=O) groups excluding carboxylic acids is 2. The van der Waals surface area contributed by atoms with Gasteiger partial charge in [0.05, 0.1) is 18.2 Å². The van der Waals surface area contributed by atoms with Crippen LogP contribution in [-0.2, 0) is 17.3 Å². The third kappa shape index (κ3) is 2.46. The summed E-state index contributed by atoms with van der Waals surface area (Å²) in [6, 6.07) is 7.73. The lowest BCUT2D eigenvalue weighted by Crippen LogP contribution is -2.29. The van der Waals surface area contributed by atoms with Gasteiger partial charge >= 0.3 is 0 Å². The number of carbonyl (C=O) groups is 2. The number of rotatable bonds is 4. The number of pyridine rings is 1. The molecule has 6 rings (SSSR count). The summed E-state index contributed by atoms with van der Waals surface area (Å²) < 4.78 is 6.88. The third-order valence-electron chi connectivity index (χ3n) is 7.22. The minimum Gasteiger partial charge on any atom is -0.497 e. The summed E-state index contributed by atoms with van der Waals surface area (Å²) in [7, 11) is 5.10. The van der Waals surface area contributed by atoms with Crippen LogP contribution in [0.1, 0.15) is 46.8 Å². The molecule has 2 fully saturated rings. The van der Waals surface area contributed by atoms with E-state index in [-0.39, 0.29) is 29.3 Å². The van der Waals surface area contributed by atoms with Crippen molar-refractivity contribution in [2.75, 3.05) is 19.1 Å². The first-order valence-electron chi connectivity index (χ1n) is 10.8. The van der Waals surface area contributed by atoms with Gasteiger partial charge in [-0.3, -0.25) is 14.4 Å². The zero-order valence-corrected chi connectivity index (χ0v) is 18.2. The van der Waals surface area contributed by atoms with Crippen molar-refractivity contribution in [2.45, 2.75) is 36.6 Å². The Morgan fingerprint density at radius 2 is 2.00 bits per heavy atom. The molecular formula is C24H24N4O4. The van der Waals surface area contributed by atoms with Crippen LogP contribution in [0.25, 0.3) is 10.9 Å². The van der Waals surface area contributed by atoms with Gasteiger partial charge in [-0.1, -0.05) is 6.07 Å². The van der Waals surface area contributed by atoms with Crippen molar-refractivity contribution in [3.63, 3.8) is 0 Å². The molecule has 2 amide bonds. The fourth-order valence-corrected chi connectivity index (χ4v) is 5.24. The van der Waals surface area contributed by atoms with Crippen molar-refractivity contribution >= 4 is 28.4 Å². The summed E-state index contributed by atoms with van der Waals surface area (Å²) in [6.45, 7) is 0. The molecule has 2 atom stereocenters. The van der Waals surface area contributed by atoms with Crippen LogP contribution in [0.2, 0.25) is 0 Å². The fourth-order valence-electron chi connectivity index (χ4n) is 5.24. The average Bonchev–Trinajstić information content (AvgIpc) is 3.69. The zero-order chi connectivity index (χ0) is 22.4. The molecule has 0 unspecified atom stereocenters. The quantitative estimate of drug-likeness (QED) is 0.660. The predicted octanol–water partition coefficient (Wildman–Crippen LogP) is 2.17. The van der Waals surface area contributed by atoms with Crippen LogP contribution < -0.4 is 20.5 Å². The highest BCUT2D eigenvalue weighted by atomic mass is 16.5. The van der Waals surface area contributed by atoms with E-state index in [2.05, 4.69) is 10.3 Å². The molecule has 3 aromatic rings. The number of hydrogen-bond acceptors (Lipinski definition) is 4. The molecule has 2 aliphatic carbocycles. The van der Waals surface area contributed by atoms with Crippen LogP contribution in [0.5, 0.6) is 5.75 Å². The predicted molar refractivity (Wildman–Crippen MR) is 119 cm³/mol. The second-order valence-corrected chi connectivity index (χ2v) is 9.20. The molecule has 0 radical (unpaired) electrons. The van der Waals surface area contributed by atoms with Crippen molar-refractivity contribution in [1.82, 2.24) is 14.9 Å². The Balaban J connectivity index is 1.47. The molecule has 2 N–H and O–H groups in total. The second-order valence-electron chi connectivity index (χ2n) is 9.20. The van der Waals surface area contributed by atoms with Gasteiger partial charge in [-0.15, -0.1) is 0 Å². The highest BCUT2D eigenvalue weighted by Crippen LogP contribution is 2.66. The topological polar surface area (TPSA) is 96.4 Å². The Morgan fingerprint density at radius 3 is 2.72 bits per heavy atom. The van der Waals surface area contributed by atoms with Crippen molar-refractivity contribution in [3.8, 4) is 5.75 Å². The van der Waals surface area contributed by atoms with E-state index in [0.29, 0.717) is 28.8 Å². The minimum absolute atomic E-state index is 0.0509. The summed E-state index contributed by atoms with van der Waals surface area (Å²) in [4.78, 5) is 43.5. The van der Waals surface area contributed by atoms with E-state index in [9.17, 15) is 14.4 Å². The number of aryl methyl sites for hydroxylation is 1. The Bertz CT molecular complexity index is 1380. The fraction of sp³-hybridized carbons (Fsp3) is 0.375. The lowest BCUT2D eigenvalue weighted by Gasteiger charge is -2.12. The number of ether oxygens (including phenoxy) is 1. The summed E-state index contributed by atoms with van der Waals surface area (Å²) in [5.74, 6) is 0.488. The van der Waals surface area contributed by atoms with Crippen LogP contribution in [0.4, 0.5) is 5.69 Å². The molecule has 0 saturated heterocycles. The summed E-state index contributed by atoms with van der Waals surface area (Å²) >= 11 is 0. The summed E-state index contributed by atoms with van der Waals surface area (Å²) in [5.41, 5.74) is 2.71. The van der Waals surface area contributed by atoms with Crippen molar-refractivity contribution in [2.24, 2.45) is 7.05 Å². The van der Waals surface area contributed by atoms with E-state index in [1.54, 1.807) is 32.2 Å². The Kier molecular flexibility index (Phi) is 3.74. The summed E-state index contributed by atoms with van der Waals surface area (Å²) in [5, 5.41) is 3.68. The Labute approximate surface area is 184 Å². The third-order valence-corrected chi connectivity index (χ3v) is 7.22. The normalized spacial score (nSPS) is 23.7. The number of amides is 2. The molecule has 3 heterocycles. The average molecular weight is 432 g/mol. The molecule has 8 nitrogen and oxygen atoms in total. The number of aromatic nitrogens is 2. The SMILES string of the molecule is COc1ccc2c(c1)N(C)C(=O)[C@@]21C[C@H]1c1cn(C)c(=O)c2[nH]c(C(=O)NC3CC3)cc12. The molecule has 1 aliphatic heterocycles. The molecule has 2 aromatic heterocycles. The number of nitrogens with zero attached hydrogens (tertiary/aromatic N) is 2. The number of aromatic amines is 1. The number of anilines is 1. The lowest BCUT2D eigenvalue weighted by atomic mass is 9.91. The van der Waals surface area contributed by atoms with E-state index in [1.807, 2.05) is 24.4 Å². The molecule has 8 heteroatoms. The van der Waals surface area contributed by atoms with E-state index >= 15 is 0 Å². The Hall–Kier alpha value is -3.55. The van der Waals surface area contributed by atoms with Crippen LogP contribution in [0, 0.1) is 0 Å². The number of nitrogens with one attached hydrogen (secondary N) is 2. The van der Waals surface area contributed by atoms with Crippen LogP contribution >= 0.6 is 0 Å². The first-order chi connectivity index (χ1) is 15.3. The van der Waals surface area contributed by atoms with E-state index in [4.69, 9.17) is 4.74 Å². The number of methoxy groups -OCH3 is 1.